The Balaban J connectivity index is 3.32. The average Bonchev–Trinajstić information content (AvgIpc) is 2.05. The van der Waals surface area contributed by atoms with Crippen LogP contribution >= 0.6 is 0 Å². The van der Waals surface area contributed by atoms with Crippen LogP contribution < -0.4 is 5.32 Å². The first-order valence-corrected chi connectivity index (χ1v) is 4.67. The smallest absolute Gasteiger partial charge is 0.0163 e. The van der Waals surface area contributed by atoms with E-state index < -0.39 is 0 Å². The van der Waals surface area contributed by atoms with Gasteiger partial charge in [0, 0.05) is 12.6 Å². The summed E-state index contributed by atoms with van der Waals surface area (Å²) in [5, 5.41) is 3.22. The van der Waals surface area contributed by atoms with E-state index in [1.54, 1.807) is 0 Å². The predicted octanol–water partition coefficient (Wildman–Crippen LogP) is 1.49. The maximum atomic E-state index is 3.70. The molecule has 2 heteroatoms. The van der Waals surface area contributed by atoms with Crippen LogP contribution in [0.25, 0.3) is 0 Å². The van der Waals surface area contributed by atoms with Crippen LogP contribution in [0, 0.1) is 0 Å². The lowest BCUT2D eigenvalue weighted by atomic mass is 10.2. The highest BCUT2D eigenvalue weighted by molar-refractivity contribution is 4.68. The number of nitrogens with zero attached hydrogens (tertiary/aromatic N) is 1. The topological polar surface area (TPSA) is 15.3 Å². The SMILES string of the molecule is C=CCCCN(C)C[C@H](C)NC. The Bertz CT molecular complexity index is 112. The van der Waals surface area contributed by atoms with Crippen molar-refractivity contribution in [1.82, 2.24) is 10.2 Å². The Labute approximate surface area is 76.6 Å². The molecular weight excluding hydrogens is 148 g/mol. The highest BCUT2D eigenvalue weighted by atomic mass is 15.1. The fraction of sp³-hybridized carbons (Fsp3) is 0.800. The third-order valence-corrected chi connectivity index (χ3v) is 2.03. The lowest BCUT2D eigenvalue weighted by molar-refractivity contribution is 0.300. The summed E-state index contributed by atoms with van der Waals surface area (Å²) in [6, 6.07) is 0.582. The molecule has 0 heterocycles. The van der Waals surface area contributed by atoms with Gasteiger partial charge in [-0.3, -0.25) is 0 Å². The quantitative estimate of drug-likeness (QED) is 0.460. The van der Waals surface area contributed by atoms with E-state index >= 15 is 0 Å². The molecule has 0 radical (unpaired) electrons. The number of nitrogens with one attached hydrogen (secondary N) is 1. The molecule has 0 saturated heterocycles. The lowest BCUT2D eigenvalue weighted by Crippen LogP contribution is -2.35. The molecular formula is C10H22N2. The van der Waals surface area contributed by atoms with Gasteiger partial charge < -0.3 is 10.2 Å². The molecule has 0 spiro atoms. The Kier molecular flexibility index (Phi) is 7.11. The number of allylic oxidation sites excluding steroid dienone is 1. The molecule has 0 aliphatic rings. The molecule has 0 rings (SSSR count). The van der Waals surface area contributed by atoms with Crippen LogP contribution in [-0.2, 0) is 0 Å². The van der Waals surface area contributed by atoms with Crippen LogP contribution in [0.5, 0.6) is 0 Å². The van der Waals surface area contributed by atoms with Crippen molar-refractivity contribution in [1.29, 1.82) is 0 Å². The zero-order valence-corrected chi connectivity index (χ0v) is 8.64. The molecule has 0 aromatic carbocycles. The van der Waals surface area contributed by atoms with Crippen LogP contribution in [0.3, 0.4) is 0 Å². The summed E-state index contributed by atoms with van der Waals surface area (Å²) in [4.78, 5) is 2.35. The largest absolute Gasteiger partial charge is 0.316 e. The van der Waals surface area contributed by atoms with Crippen LogP contribution in [0.1, 0.15) is 19.8 Å². The van der Waals surface area contributed by atoms with Crippen molar-refractivity contribution in [3.05, 3.63) is 12.7 Å². The molecule has 0 amide bonds. The van der Waals surface area contributed by atoms with Gasteiger partial charge in [-0.25, -0.2) is 0 Å². The average molecular weight is 170 g/mol. The van der Waals surface area contributed by atoms with Crippen molar-refractivity contribution < 1.29 is 0 Å². The van der Waals surface area contributed by atoms with E-state index in [9.17, 15) is 0 Å². The van der Waals surface area contributed by atoms with E-state index in [0.29, 0.717) is 6.04 Å². The molecule has 72 valence electrons. The zero-order valence-electron chi connectivity index (χ0n) is 8.64. The molecule has 0 saturated carbocycles. The minimum atomic E-state index is 0.582. The summed E-state index contributed by atoms with van der Waals surface area (Å²) < 4.78 is 0. The lowest BCUT2D eigenvalue weighted by Gasteiger charge is -2.20. The number of hydrogen-bond donors (Lipinski definition) is 1. The first kappa shape index (κ1) is 11.7. The summed E-state index contributed by atoms with van der Waals surface area (Å²) in [5.74, 6) is 0. The Morgan fingerprint density at radius 2 is 2.25 bits per heavy atom. The molecule has 1 N–H and O–H groups in total. The summed E-state index contributed by atoms with van der Waals surface area (Å²) >= 11 is 0. The summed E-state index contributed by atoms with van der Waals surface area (Å²) in [6.07, 6.45) is 4.32. The molecule has 12 heavy (non-hydrogen) atoms. The standard InChI is InChI=1S/C10H22N2/c1-5-6-7-8-12(4)9-10(2)11-3/h5,10-11H,1,6-9H2,2-4H3/t10-/m0/s1. The first-order chi connectivity index (χ1) is 5.70. The third-order valence-electron chi connectivity index (χ3n) is 2.03. The molecule has 0 aromatic heterocycles. The Morgan fingerprint density at radius 3 is 2.75 bits per heavy atom. The zero-order chi connectivity index (χ0) is 9.40. The summed E-state index contributed by atoms with van der Waals surface area (Å²) in [6.45, 7) is 8.19. The van der Waals surface area contributed by atoms with Gasteiger partial charge in [0.2, 0.25) is 0 Å². The fourth-order valence-corrected chi connectivity index (χ4v) is 1.16. The van der Waals surface area contributed by atoms with Crippen molar-refractivity contribution in [3.8, 4) is 0 Å². The molecule has 1 atom stereocenters. The second kappa shape index (κ2) is 7.32. The molecule has 0 unspecified atom stereocenters. The number of hydrogen-bond acceptors (Lipinski definition) is 2. The molecule has 0 aliphatic heterocycles. The molecule has 2 nitrogen and oxygen atoms in total. The molecule has 0 aliphatic carbocycles. The second-order valence-electron chi connectivity index (χ2n) is 3.38. The Hall–Kier alpha value is -0.340. The normalized spacial score (nSPS) is 13.3. The van der Waals surface area contributed by atoms with Crippen molar-refractivity contribution >= 4 is 0 Å². The highest BCUT2D eigenvalue weighted by Crippen LogP contribution is 1.94. The van der Waals surface area contributed by atoms with Gasteiger partial charge in [-0.15, -0.1) is 6.58 Å². The van der Waals surface area contributed by atoms with Gasteiger partial charge in [-0.1, -0.05) is 6.08 Å². The monoisotopic (exact) mass is 170 g/mol. The van der Waals surface area contributed by atoms with Gasteiger partial charge in [0.15, 0.2) is 0 Å². The van der Waals surface area contributed by atoms with Crippen molar-refractivity contribution in [2.24, 2.45) is 0 Å². The molecule has 0 fully saturated rings. The van der Waals surface area contributed by atoms with Gasteiger partial charge in [0.1, 0.15) is 0 Å². The van der Waals surface area contributed by atoms with Crippen LogP contribution in [-0.4, -0.2) is 38.1 Å². The van der Waals surface area contributed by atoms with Crippen LogP contribution in [0.4, 0.5) is 0 Å². The first-order valence-electron chi connectivity index (χ1n) is 4.67. The van der Waals surface area contributed by atoms with E-state index in [2.05, 4.69) is 30.8 Å². The van der Waals surface area contributed by atoms with Crippen molar-refractivity contribution in [2.75, 3.05) is 27.2 Å². The summed E-state index contributed by atoms with van der Waals surface area (Å²) in [7, 11) is 4.17. The van der Waals surface area contributed by atoms with E-state index in [4.69, 9.17) is 0 Å². The maximum absolute atomic E-state index is 3.70. The minimum Gasteiger partial charge on any atom is -0.316 e. The maximum Gasteiger partial charge on any atom is 0.0163 e. The number of unbranched alkanes of at least 4 members (excludes halogenated alkanes) is 1. The van der Waals surface area contributed by atoms with E-state index in [1.165, 1.54) is 6.42 Å². The van der Waals surface area contributed by atoms with Crippen molar-refractivity contribution in [3.63, 3.8) is 0 Å². The van der Waals surface area contributed by atoms with E-state index in [-0.39, 0.29) is 0 Å². The predicted molar refractivity (Wildman–Crippen MR) is 55.4 cm³/mol. The Morgan fingerprint density at radius 1 is 1.58 bits per heavy atom. The minimum absolute atomic E-state index is 0.582. The van der Waals surface area contributed by atoms with Gasteiger partial charge in [-0.2, -0.15) is 0 Å². The van der Waals surface area contributed by atoms with Crippen molar-refractivity contribution in [2.45, 2.75) is 25.8 Å². The van der Waals surface area contributed by atoms with Gasteiger partial charge in [-0.05, 0) is 40.4 Å². The van der Waals surface area contributed by atoms with Crippen LogP contribution in [0.15, 0.2) is 12.7 Å². The van der Waals surface area contributed by atoms with Crippen LogP contribution in [0.2, 0.25) is 0 Å². The second-order valence-corrected chi connectivity index (χ2v) is 3.38. The van der Waals surface area contributed by atoms with Gasteiger partial charge in [0.05, 0.1) is 0 Å². The number of likely N-dealkylation sites (N-methyl/N-ethyl adjacent to an activating group) is 2. The molecule has 0 aromatic rings. The number of rotatable bonds is 7. The van der Waals surface area contributed by atoms with Gasteiger partial charge in [0.25, 0.3) is 0 Å². The highest BCUT2D eigenvalue weighted by Gasteiger charge is 2.02. The summed E-state index contributed by atoms with van der Waals surface area (Å²) in [5.41, 5.74) is 0. The van der Waals surface area contributed by atoms with Gasteiger partial charge >= 0.3 is 0 Å². The van der Waals surface area contributed by atoms with E-state index in [0.717, 1.165) is 19.5 Å². The fourth-order valence-electron chi connectivity index (χ4n) is 1.16. The third kappa shape index (κ3) is 6.38. The van der Waals surface area contributed by atoms with E-state index in [1.807, 2.05) is 13.1 Å². The molecule has 0 bridgehead atoms.